The zero-order valence-corrected chi connectivity index (χ0v) is 17.0. The van der Waals surface area contributed by atoms with Crippen molar-refractivity contribution in [2.75, 3.05) is 13.1 Å². The van der Waals surface area contributed by atoms with Crippen molar-refractivity contribution in [1.82, 2.24) is 24.6 Å². The monoisotopic (exact) mass is 405 g/mol. The molecule has 2 aromatic heterocycles. The molecule has 2 fully saturated rings. The molecule has 0 bridgehead atoms. The molecule has 3 heterocycles. The van der Waals surface area contributed by atoms with E-state index in [-0.39, 0.29) is 11.2 Å². The number of carbonyl (C=O) groups excluding carboxylic acids is 1. The van der Waals surface area contributed by atoms with Crippen molar-refractivity contribution in [3.8, 4) is 11.4 Å². The molecule has 1 saturated heterocycles. The Labute approximate surface area is 174 Å². The van der Waals surface area contributed by atoms with E-state index in [2.05, 4.69) is 19.7 Å². The lowest BCUT2D eigenvalue weighted by Gasteiger charge is -2.23. The molecular formula is C22H23N5OS. The number of aromatic nitrogens is 4. The average Bonchev–Trinajstić information content (AvgIpc) is 3.29. The molecule has 2 aliphatic rings. The Morgan fingerprint density at radius 3 is 2.52 bits per heavy atom. The topological polar surface area (TPSA) is 63.9 Å². The van der Waals surface area contributed by atoms with Crippen LogP contribution >= 0.6 is 11.8 Å². The van der Waals surface area contributed by atoms with Crippen LogP contribution in [0.25, 0.3) is 11.4 Å². The molecule has 0 radical (unpaired) electrons. The van der Waals surface area contributed by atoms with Gasteiger partial charge in [0.15, 0.2) is 11.0 Å². The molecule has 0 N–H and O–H groups in total. The SMILES string of the molecule is O=C([C@H](Sc1nnc(-c2cccnc2)n1C1CC1)c1ccccc1)N1CCCC1. The minimum Gasteiger partial charge on any atom is -0.341 e. The highest BCUT2D eigenvalue weighted by Crippen LogP contribution is 2.44. The minimum atomic E-state index is -0.308. The summed E-state index contributed by atoms with van der Waals surface area (Å²) in [5.41, 5.74) is 1.98. The summed E-state index contributed by atoms with van der Waals surface area (Å²) >= 11 is 1.52. The van der Waals surface area contributed by atoms with Crippen LogP contribution in [-0.4, -0.2) is 43.6 Å². The summed E-state index contributed by atoms with van der Waals surface area (Å²) in [5, 5.41) is 9.49. The van der Waals surface area contributed by atoms with Crippen molar-refractivity contribution in [2.24, 2.45) is 0 Å². The van der Waals surface area contributed by atoms with Gasteiger partial charge in [-0.15, -0.1) is 10.2 Å². The van der Waals surface area contributed by atoms with Crippen molar-refractivity contribution in [3.63, 3.8) is 0 Å². The number of thioether (sulfide) groups is 1. The van der Waals surface area contributed by atoms with Crippen LogP contribution in [0.1, 0.15) is 42.5 Å². The summed E-state index contributed by atoms with van der Waals surface area (Å²) < 4.78 is 2.20. The van der Waals surface area contributed by atoms with Crippen molar-refractivity contribution in [2.45, 2.75) is 42.1 Å². The maximum absolute atomic E-state index is 13.4. The Morgan fingerprint density at radius 1 is 1.03 bits per heavy atom. The van der Waals surface area contributed by atoms with Crippen LogP contribution < -0.4 is 0 Å². The molecule has 7 heteroatoms. The van der Waals surface area contributed by atoms with Gasteiger partial charge in [0.25, 0.3) is 0 Å². The second kappa shape index (κ2) is 7.99. The Morgan fingerprint density at radius 2 is 1.83 bits per heavy atom. The summed E-state index contributed by atoms with van der Waals surface area (Å²) in [4.78, 5) is 19.6. The molecule has 1 amide bonds. The number of benzene rings is 1. The van der Waals surface area contributed by atoms with Crippen LogP contribution in [0.2, 0.25) is 0 Å². The number of rotatable bonds is 6. The normalized spacial score (nSPS) is 17.4. The van der Waals surface area contributed by atoms with Crippen LogP contribution in [0.3, 0.4) is 0 Å². The summed E-state index contributed by atoms with van der Waals surface area (Å²) in [7, 11) is 0. The van der Waals surface area contributed by atoms with Crippen molar-refractivity contribution >= 4 is 17.7 Å². The smallest absolute Gasteiger partial charge is 0.240 e. The van der Waals surface area contributed by atoms with Crippen LogP contribution in [-0.2, 0) is 4.79 Å². The molecule has 1 aliphatic heterocycles. The van der Waals surface area contributed by atoms with Gasteiger partial charge in [-0.05, 0) is 43.4 Å². The fraction of sp³-hybridized carbons (Fsp3) is 0.364. The van der Waals surface area contributed by atoms with Crippen molar-refractivity contribution < 1.29 is 4.79 Å². The third-order valence-corrected chi connectivity index (χ3v) is 6.66. The molecule has 1 saturated carbocycles. The molecule has 0 spiro atoms. The predicted molar refractivity (Wildman–Crippen MR) is 112 cm³/mol. The van der Waals surface area contributed by atoms with Crippen LogP contribution in [0.5, 0.6) is 0 Å². The van der Waals surface area contributed by atoms with E-state index in [0.717, 1.165) is 60.9 Å². The third kappa shape index (κ3) is 3.79. The zero-order valence-electron chi connectivity index (χ0n) is 16.1. The van der Waals surface area contributed by atoms with E-state index < -0.39 is 0 Å². The summed E-state index contributed by atoms with van der Waals surface area (Å²) in [5.74, 6) is 1.01. The number of hydrogen-bond donors (Lipinski definition) is 0. The van der Waals surface area contributed by atoms with Gasteiger partial charge in [-0.2, -0.15) is 0 Å². The number of amides is 1. The van der Waals surface area contributed by atoms with E-state index in [0.29, 0.717) is 6.04 Å². The number of carbonyl (C=O) groups is 1. The number of nitrogens with zero attached hydrogens (tertiary/aromatic N) is 5. The molecule has 0 unspecified atom stereocenters. The molecule has 1 aliphatic carbocycles. The molecule has 3 aromatic rings. The Bertz CT molecular complexity index is 981. The molecule has 5 rings (SSSR count). The first-order valence-electron chi connectivity index (χ1n) is 10.2. The summed E-state index contributed by atoms with van der Waals surface area (Å²) in [6.07, 6.45) is 7.99. The van der Waals surface area contributed by atoms with Gasteiger partial charge in [-0.1, -0.05) is 42.1 Å². The van der Waals surface area contributed by atoms with Gasteiger partial charge in [0.1, 0.15) is 5.25 Å². The van der Waals surface area contributed by atoms with Crippen molar-refractivity contribution in [3.05, 3.63) is 60.4 Å². The van der Waals surface area contributed by atoms with Gasteiger partial charge in [0.05, 0.1) is 0 Å². The standard InChI is InChI=1S/C22H23N5OS/c28-21(26-13-4-5-14-26)19(16-7-2-1-3-8-16)29-22-25-24-20(27(22)18-10-11-18)17-9-6-12-23-15-17/h1-3,6-9,12,15,18-19H,4-5,10-11,13-14H2/t19-/m1/s1. The molecular weight excluding hydrogens is 382 g/mol. The van der Waals surface area contributed by atoms with E-state index in [1.165, 1.54) is 11.8 Å². The van der Waals surface area contributed by atoms with Gasteiger partial charge in [-0.25, -0.2) is 0 Å². The van der Waals surface area contributed by atoms with Gasteiger partial charge in [0, 0.05) is 37.1 Å². The molecule has 148 valence electrons. The van der Waals surface area contributed by atoms with Crippen LogP contribution in [0.15, 0.2) is 60.0 Å². The van der Waals surface area contributed by atoms with Gasteiger partial charge < -0.3 is 4.90 Å². The van der Waals surface area contributed by atoms with Gasteiger partial charge in [0.2, 0.25) is 5.91 Å². The highest BCUT2D eigenvalue weighted by atomic mass is 32.2. The third-order valence-electron chi connectivity index (χ3n) is 5.46. The first kappa shape index (κ1) is 18.4. The first-order chi connectivity index (χ1) is 14.3. The van der Waals surface area contributed by atoms with E-state index in [9.17, 15) is 4.79 Å². The predicted octanol–water partition coefficient (Wildman–Crippen LogP) is 4.13. The summed E-state index contributed by atoms with van der Waals surface area (Å²) in [6.45, 7) is 1.69. The van der Waals surface area contributed by atoms with Crippen LogP contribution in [0.4, 0.5) is 0 Å². The lowest BCUT2D eigenvalue weighted by atomic mass is 10.1. The average molecular weight is 406 g/mol. The lowest BCUT2D eigenvalue weighted by Crippen LogP contribution is -2.31. The lowest BCUT2D eigenvalue weighted by molar-refractivity contribution is -0.129. The van der Waals surface area contributed by atoms with Gasteiger partial charge >= 0.3 is 0 Å². The second-order valence-electron chi connectivity index (χ2n) is 7.59. The van der Waals surface area contributed by atoms with Gasteiger partial charge in [-0.3, -0.25) is 14.3 Å². The Balaban J connectivity index is 1.50. The zero-order chi connectivity index (χ0) is 19.6. The van der Waals surface area contributed by atoms with E-state index in [1.54, 1.807) is 6.20 Å². The van der Waals surface area contributed by atoms with Crippen LogP contribution in [0, 0.1) is 0 Å². The number of likely N-dealkylation sites (tertiary alicyclic amines) is 1. The van der Waals surface area contributed by atoms with E-state index >= 15 is 0 Å². The largest absolute Gasteiger partial charge is 0.341 e. The second-order valence-corrected chi connectivity index (χ2v) is 8.66. The maximum atomic E-state index is 13.4. The quantitative estimate of drug-likeness (QED) is 0.577. The van der Waals surface area contributed by atoms with Crippen molar-refractivity contribution in [1.29, 1.82) is 0 Å². The summed E-state index contributed by atoms with van der Waals surface area (Å²) in [6, 6.07) is 14.4. The highest BCUT2D eigenvalue weighted by molar-refractivity contribution is 8.00. The Kier molecular flexibility index (Phi) is 5.06. The molecule has 6 nitrogen and oxygen atoms in total. The fourth-order valence-electron chi connectivity index (χ4n) is 3.81. The van der Waals surface area contributed by atoms with E-state index in [4.69, 9.17) is 0 Å². The highest BCUT2D eigenvalue weighted by Gasteiger charge is 2.34. The first-order valence-corrected chi connectivity index (χ1v) is 11.0. The maximum Gasteiger partial charge on any atom is 0.240 e. The minimum absolute atomic E-state index is 0.173. The molecule has 1 atom stereocenters. The van der Waals surface area contributed by atoms with E-state index in [1.807, 2.05) is 53.6 Å². The molecule has 29 heavy (non-hydrogen) atoms. The Hall–Kier alpha value is -2.67. The molecule has 1 aromatic carbocycles. The number of pyridine rings is 1. The fourth-order valence-corrected chi connectivity index (χ4v) is 5.00. The number of hydrogen-bond acceptors (Lipinski definition) is 5.